The zero-order valence-corrected chi connectivity index (χ0v) is 14.7. The minimum atomic E-state index is 0. The molecule has 0 radical (unpaired) electrons. The summed E-state index contributed by atoms with van der Waals surface area (Å²) in [4.78, 5) is 0. The molecule has 0 fully saturated rings. The molecule has 118 valence electrons. The van der Waals surface area contributed by atoms with Gasteiger partial charge in [0.25, 0.3) is 0 Å². The van der Waals surface area contributed by atoms with Crippen molar-refractivity contribution in [1.29, 1.82) is 0 Å². The van der Waals surface area contributed by atoms with E-state index < -0.39 is 0 Å². The SMILES string of the molecule is C.CC.CC.CC.Cc1cccc(C)c1C(C)(C)C.[2HH]. The predicted molar refractivity (Wildman–Crippen MR) is 97.5 cm³/mol. The van der Waals surface area contributed by atoms with E-state index in [0.717, 1.165) is 0 Å². The highest BCUT2D eigenvalue weighted by Crippen LogP contribution is 2.28. The van der Waals surface area contributed by atoms with Crippen LogP contribution in [-0.4, -0.2) is 0 Å². The van der Waals surface area contributed by atoms with Gasteiger partial charge in [0, 0.05) is 1.43 Å². The first-order valence-corrected chi connectivity index (χ1v) is 7.49. The lowest BCUT2D eigenvalue weighted by atomic mass is 9.81. The van der Waals surface area contributed by atoms with Gasteiger partial charge < -0.3 is 0 Å². The fourth-order valence-corrected chi connectivity index (χ4v) is 2.00. The van der Waals surface area contributed by atoms with Crippen LogP contribution in [0.5, 0.6) is 0 Å². The van der Waals surface area contributed by atoms with E-state index >= 15 is 0 Å². The van der Waals surface area contributed by atoms with E-state index in [-0.39, 0.29) is 14.3 Å². The fourth-order valence-electron chi connectivity index (χ4n) is 2.00. The number of benzene rings is 1. The molecule has 0 saturated carbocycles. The lowest BCUT2D eigenvalue weighted by Crippen LogP contribution is -2.14. The Kier molecular flexibility index (Phi) is 21.5. The molecule has 0 amide bonds. The molecule has 0 heterocycles. The highest BCUT2D eigenvalue weighted by Gasteiger charge is 2.17. The van der Waals surface area contributed by atoms with Crippen molar-refractivity contribution in [2.45, 2.75) is 89.0 Å². The quantitative estimate of drug-likeness (QED) is 0.456. The van der Waals surface area contributed by atoms with Crippen molar-refractivity contribution in [2.75, 3.05) is 0 Å². The summed E-state index contributed by atoms with van der Waals surface area (Å²) in [5.74, 6) is 0. The van der Waals surface area contributed by atoms with Crippen LogP contribution in [0.25, 0.3) is 0 Å². The summed E-state index contributed by atoms with van der Waals surface area (Å²) in [6.07, 6.45) is 0. The maximum Gasteiger partial charge on any atom is 0 e. The van der Waals surface area contributed by atoms with Crippen molar-refractivity contribution in [3.8, 4) is 0 Å². The molecule has 19 heavy (non-hydrogen) atoms. The van der Waals surface area contributed by atoms with E-state index in [2.05, 4.69) is 52.8 Å². The van der Waals surface area contributed by atoms with Crippen LogP contribution in [0.2, 0.25) is 0 Å². The topological polar surface area (TPSA) is 0 Å². The van der Waals surface area contributed by atoms with Gasteiger partial charge in [0.1, 0.15) is 0 Å². The van der Waals surface area contributed by atoms with E-state index in [1.807, 2.05) is 41.5 Å². The van der Waals surface area contributed by atoms with Gasteiger partial charge in [-0.05, 0) is 36.0 Å². The van der Waals surface area contributed by atoms with Crippen molar-refractivity contribution in [1.82, 2.24) is 0 Å². The molecule has 1 rings (SSSR count). The second-order valence-electron chi connectivity index (χ2n) is 4.52. The molecule has 0 nitrogen and oxygen atoms in total. The minimum Gasteiger partial charge on any atom is -0.0776 e. The maximum absolute atomic E-state index is 2.27. The molecule has 0 unspecified atom stereocenters. The first-order chi connectivity index (χ1) is 8.43. The lowest BCUT2D eigenvalue weighted by Gasteiger charge is -2.23. The lowest BCUT2D eigenvalue weighted by molar-refractivity contribution is 0.582. The Hall–Kier alpha value is -0.780. The summed E-state index contributed by atoms with van der Waals surface area (Å²) in [6.45, 7) is 23.2. The van der Waals surface area contributed by atoms with Crippen LogP contribution in [0, 0.1) is 13.8 Å². The highest BCUT2D eigenvalue weighted by molar-refractivity contribution is 5.38. The molecule has 0 heteroatoms. The molecule has 0 aliphatic rings. The van der Waals surface area contributed by atoms with Crippen LogP contribution in [0.3, 0.4) is 0 Å². The van der Waals surface area contributed by atoms with Crippen LogP contribution < -0.4 is 0 Å². The standard InChI is InChI=1S/C12H18.3C2H6.CH4.H2/c1-9-7-6-8-10(2)11(9)12(3,4)5;3*1-2;;/h6-8H,1-5H3;3*1-2H3;1H4;1H/i;;;;;1+1. The van der Waals surface area contributed by atoms with Crippen LogP contribution in [0.4, 0.5) is 0 Å². The molecule has 0 aromatic heterocycles. The van der Waals surface area contributed by atoms with Crippen molar-refractivity contribution in [3.63, 3.8) is 0 Å². The Balaban J connectivity index is -0.0000000833. The highest BCUT2D eigenvalue weighted by atomic mass is 14.2. The Morgan fingerprint density at radius 1 is 0.737 bits per heavy atom. The average Bonchev–Trinajstić information content (AvgIpc) is 2.35. The Morgan fingerprint density at radius 3 is 1.16 bits per heavy atom. The molecule has 0 N–H and O–H groups in total. The largest absolute Gasteiger partial charge is 0.0776 e. The molecule has 0 spiro atoms. The van der Waals surface area contributed by atoms with Crippen molar-refractivity contribution in [3.05, 3.63) is 34.9 Å². The molecule has 0 aliphatic carbocycles. The predicted octanol–water partition coefficient (Wildman–Crippen LogP) is 7.56. The number of aryl methyl sites for hydroxylation is 2. The van der Waals surface area contributed by atoms with E-state index in [0.29, 0.717) is 0 Å². The Morgan fingerprint density at radius 2 is 1.00 bits per heavy atom. The molecule has 0 saturated heterocycles. The number of hydrogen-bond donors (Lipinski definition) is 0. The molecule has 1 aromatic carbocycles. The van der Waals surface area contributed by atoms with Crippen LogP contribution in [0.15, 0.2) is 18.2 Å². The van der Waals surface area contributed by atoms with Crippen molar-refractivity contribution in [2.24, 2.45) is 0 Å². The molecular formula is C19H42. The summed E-state index contributed by atoms with van der Waals surface area (Å²) in [6, 6.07) is 6.50. The van der Waals surface area contributed by atoms with E-state index in [1.54, 1.807) is 0 Å². The molecule has 0 bridgehead atoms. The zero-order valence-electron chi connectivity index (χ0n) is 14.7. The third-order valence-electron chi connectivity index (χ3n) is 2.23. The van der Waals surface area contributed by atoms with Crippen LogP contribution >= 0.6 is 0 Å². The van der Waals surface area contributed by atoms with Gasteiger partial charge in [0.2, 0.25) is 0 Å². The van der Waals surface area contributed by atoms with Crippen LogP contribution in [0.1, 0.15) is 87.9 Å². The zero-order chi connectivity index (χ0) is 15.4. The van der Waals surface area contributed by atoms with Crippen LogP contribution in [-0.2, 0) is 5.41 Å². The first kappa shape index (κ1) is 26.7. The summed E-state index contributed by atoms with van der Waals surface area (Å²) in [5.41, 5.74) is 4.57. The molecule has 1 aromatic rings. The second-order valence-corrected chi connectivity index (χ2v) is 4.52. The van der Waals surface area contributed by atoms with Crippen molar-refractivity contribution >= 4 is 0 Å². The number of rotatable bonds is 0. The molecule has 0 atom stereocenters. The normalized spacial score (nSPS) is 8.37. The van der Waals surface area contributed by atoms with Crippen molar-refractivity contribution < 1.29 is 1.43 Å². The van der Waals surface area contributed by atoms with E-state index in [1.165, 1.54) is 16.7 Å². The summed E-state index contributed by atoms with van der Waals surface area (Å²) >= 11 is 0. The number of hydrogen-bond acceptors (Lipinski definition) is 0. The Bertz CT molecular complexity index is 262. The van der Waals surface area contributed by atoms with Gasteiger partial charge in [0.15, 0.2) is 0 Å². The molecule has 0 aliphatic heterocycles. The summed E-state index contributed by atoms with van der Waals surface area (Å²) < 4.78 is 0. The fraction of sp³-hybridized carbons (Fsp3) is 0.684. The van der Waals surface area contributed by atoms with Gasteiger partial charge in [-0.2, -0.15) is 0 Å². The van der Waals surface area contributed by atoms with Gasteiger partial charge in [-0.15, -0.1) is 0 Å². The van der Waals surface area contributed by atoms with Gasteiger partial charge in [-0.1, -0.05) is 87.9 Å². The smallest absolute Gasteiger partial charge is 0 e. The second kappa shape index (κ2) is 15.3. The minimum absolute atomic E-state index is 0. The van der Waals surface area contributed by atoms with Gasteiger partial charge in [0.05, 0.1) is 0 Å². The van der Waals surface area contributed by atoms with Gasteiger partial charge >= 0.3 is 0 Å². The Labute approximate surface area is 126 Å². The van der Waals surface area contributed by atoms with Gasteiger partial charge in [-0.3, -0.25) is 0 Å². The summed E-state index contributed by atoms with van der Waals surface area (Å²) in [7, 11) is 0. The monoisotopic (exact) mass is 271 g/mol. The third-order valence-corrected chi connectivity index (χ3v) is 2.23. The average molecular weight is 272 g/mol. The maximum atomic E-state index is 2.27. The van der Waals surface area contributed by atoms with Gasteiger partial charge in [-0.25, -0.2) is 0 Å². The van der Waals surface area contributed by atoms with E-state index in [4.69, 9.17) is 0 Å². The van der Waals surface area contributed by atoms with E-state index in [9.17, 15) is 0 Å². The third kappa shape index (κ3) is 10.8. The molecular weight excluding hydrogens is 228 g/mol. The first-order valence-electron chi connectivity index (χ1n) is 7.49. The summed E-state index contributed by atoms with van der Waals surface area (Å²) in [5, 5.41) is 0.